The molecule has 0 aliphatic heterocycles. The number of rotatable bonds is 5. The van der Waals surface area contributed by atoms with Gasteiger partial charge in [-0.25, -0.2) is 0 Å². The van der Waals surface area contributed by atoms with Crippen LogP contribution in [0.4, 0.5) is 0 Å². The fourth-order valence-corrected chi connectivity index (χ4v) is 1.93. The van der Waals surface area contributed by atoms with Crippen LogP contribution in [0.3, 0.4) is 0 Å². The van der Waals surface area contributed by atoms with E-state index in [-0.39, 0.29) is 0 Å². The van der Waals surface area contributed by atoms with Crippen molar-refractivity contribution in [2.45, 2.75) is 39.3 Å². The molecular weight excluding hydrogens is 254 g/mol. The van der Waals surface area contributed by atoms with Gasteiger partial charge in [-0.3, -0.25) is 0 Å². The molecule has 1 unspecified atom stereocenters. The first-order valence-electron chi connectivity index (χ1n) is 5.35. The molecule has 1 aromatic rings. The number of benzene rings is 1. The van der Waals surface area contributed by atoms with Crippen LogP contribution >= 0.6 is 15.9 Å². The van der Waals surface area contributed by atoms with Crippen LogP contribution in [0.2, 0.25) is 0 Å². The van der Waals surface area contributed by atoms with Crippen LogP contribution in [-0.4, -0.2) is 11.1 Å². The zero-order valence-electron chi connectivity index (χ0n) is 9.26. The van der Waals surface area contributed by atoms with Crippen LogP contribution in [0, 0.1) is 0 Å². The number of phenolic OH excluding ortho intramolecular Hbond substituents is 1. The molecule has 0 fully saturated rings. The first-order chi connectivity index (χ1) is 7.15. The standard InChI is InChI=1S/C12H18BrNO/c1-3-5-9(2)14-8-10-6-4-7-11(13)12(10)15/h4,6-7,9,14-15H,3,5,8H2,1-2H3. The molecule has 1 rings (SSSR count). The number of phenols is 1. The summed E-state index contributed by atoms with van der Waals surface area (Å²) in [6.07, 6.45) is 2.34. The fourth-order valence-electron chi connectivity index (χ4n) is 1.52. The minimum absolute atomic E-state index is 0.341. The SMILES string of the molecule is CCCC(C)NCc1cccc(Br)c1O. The van der Waals surface area contributed by atoms with Crippen molar-refractivity contribution in [3.63, 3.8) is 0 Å². The van der Waals surface area contributed by atoms with Crippen molar-refractivity contribution in [3.8, 4) is 5.75 Å². The lowest BCUT2D eigenvalue weighted by atomic mass is 10.1. The van der Waals surface area contributed by atoms with Gasteiger partial charge in [0.15, 0.2) is 0 Å². The van der Waals surface area contributed by atoms with Gasteiger partial charge >= 0.3 is 0 Å². The quantitative estimate of drug-likeness (QED) is 0.860. The monoisotopic (exact) mass is 271 g/mol. The Bertz CT molecular complexity index is 314. The number of para-hydroxylation sites is 1. The second-order valence-electron chi connectivity index (χ2n) is 3.82. The number of aromatic hydroxyl groups is 1. The summed E-state index contributed by atoms with van der Waals surface area (Å²) in [5.74, 6) is 0.341. The van der Waals surface area contributed by atoms with E-state index in [9.17, 15) is 5.11 Å². The zero-order valence-corrected chi connectivity index (χ0v) is 10.8. The number of halogens is 1. The molecule has 0 aliphatic rings. The number of hydrogen-bond acceptors (Lipinski definition) is 2. The van der Waals surface area contributed by atoms with E-state index >= 15 is 0 Å². The molecule has 0 spiro atoms. The smallest absolute Gasteiger partial charge is 0.134 e. The molecule has 0 bridgehead atoms. The normalized spacial score (nSPS) is 12.7. The second-order valence-corrected chi connectivity index (χ2v) is 4.67. The minimum Gasteiger partial charge on any atom is -0.506 e. The Morgan fingerprint density at radius 1 is 1.47 bits per heavy atom. The predicted octanol–water partition coefficient (Wildman–Crippen LogP) is 3.43. The Hall–Kier alpha value is -0.540. The van der Waals surface area contributed by atoms with Crippen molar-refractivity contribution in [2.75, 3.05) is 0 Å². The van der Waals surface area contributed by atoms with Gasteiger partial charge in [0.1, 0.15) is 5.75 Å². The summed E-state index contributed by atoms with van der Waals surface area (Å²) in [6.45, 7) is 5.06. The van der Waals surface area contributed by atoms with Crippen LogP contribution in [0.1, 0.15) is 32.3 Å². The van der Waals surface area contributed by atoms with Gasteiger partial charge in [-0.05, 0) is 35.3 Å². The van der Waals surface area contributed by atoms with Crippen LogP contribution in [0.25, 0.3) is 0 Å². The molecular formula is C12H18BrNO. The molecule has 0 saturated heterocycles. The van der Waals surface area contributed by atoms with Gasteiger partial charge in [0.2, 0.25) is 0 Å². The topological polar surface area (TPSA) is 32.3 Å². The van der Waals surface area contributed by atoms with Crippen molar-refractivity contribution < 1.29 is 5.11 Å². The molecule has 0 aliphatic carbocycles. The molecule has 2 N–H and O–H groups in total. The molecule has 15 heavy (non-hydrogen) atoms. The molecule has 3 heteroatoms. The maximum atomic E-state index is 9.75. The van der Waals surface area contributed by atoms with Crippen molar-refractivity contribution in [3.05, 3.63) is 28.2 Å². The third-order valence-electron chi connectivity index (χ3n) is 2.43. The van der Waals surface area contributed by atoms with E-state index in [2.05, 4.69) is 35.1 Å². The second kappa shape index (κ2) is 6.13. The molecule has 0 saturated carbocycles. The van der Waals surface area contributed by atoms with E-state index in [1.807, 2.05) is 18.2 Å². The summed E-state index contributed by atoms with van der Waals surface area (Å²) in [7, 11) is 0. The fraction of sp³-hybridized carbons (Fsp3) is 0.500. The molecule has 2 nitrogen and oxygen atoms in total. The van der Waals surface area contributed by atoms with Crippen molar-refractivity contribution in [1.82, 2.24) is 5.32 Å². The van der Waals surface area contributed by atoms with Gasteiger partial charge < -0.3 is 10.4 Å². The first-order valence-corrected chi connectivity index (χ1v) is 6.14. The molecule has 1 atom stereocenters. The molecule has 0 amide bonds. The van der Waals surface area contributed by atoms with E-state index in [0.29, 0.717) is 18.3 Å². The molecule has 0 heterocycles. The first kappa shape index (κ1) is 12.5. The summed E-state index contributed by atoms with van der Waals surface area (Å²) in [5.41, 5.74) is 0.937. The van der Waals surface area contributed by atoms with Gasteiger partial charge in [0.25, 0.3) is 0 Å². The summed E-state index contributed by atoms with van der Waals surface area (Å²) in [4.78, 5) is 0. The van der Waals surface area contributed by atoms with Crippen LogP contribution < -0.4 is 5.32 Å². The summed E-state index contributed by atoms with van der Waals surface area (Å²) in [5, 5.41) is 13.1. The van der Waals surface area contributed by atoms with Crippen molar-refractivity contribution in [1.29, 1.82) is 0 Å². The van der Waals surface area contributed by atoms with E-state index in [4.69, 9.17) is 0 Å². The van der Waals surface area contributed by atoms with E-state index in [0.717, 1.165) is 16.5 Å². The van der Waals surface area contributed by atoms with Gasteiger partial charge in [-0.15, -0.1) is 0 Å². The molecule has 0 aromatic heterocycles. The molecule has 84 valence electrons. The lowest BCUT2D eigenvalue weighted by molar-refractivity contribution is 0.451. The Morgan fingerprint density at radius 3 is 2.87 bits per heavy atom. The van der Waals surface area contributed by atoms with E-state index in [1.54, 1.807) is 0 Å². The Morgan fingerprint density at radius 2 is 2.20 bits per heavy atom. The lowest BCUT2D eigenvalue weighted by Crippen LogP contribution is -2.25. The highest BCUT2D eigenvalue weighted by atomic mass is 79.9. The minimum atomic E-state index is 0.341. The highest BCUT2D eigenvalue weighted by Crippen LogP contribution is 2.27. The average Bonchev–Trinajstić information content (AvgIpc) is 2.21. The Labute approximate surface area is 99.8 Å². The van der Waals surface area contributed by atoms with Crippen LogP contribution in [0.15, 0.2) is 22.7 Å². The number of nitrogens with one attached hydrogen (secondary N) is 1. The Balaban J connectivity index is 2.54. The van der Waals surface area contributed by atoms with Crippen LogP contribution in [0.5, 0.6) is 5.75 Å². The van der Waals surface area contributed by atoms with Gasteiger partial charge in [0.05, 0.1) is 4.47 Å². The zero-order chi connectivity index (χ0) is 11.3. The van der Waals surface area contributed by atoms with Crippen molar-refractivity contribution >= 4 is 15.9 Å². The van der Waals surface area contributed by atoms with Gasteiger partial charge in [-0.2, -0.15) is 0 Å². The summed E-state index contributed by atoms with van der Waals surface area (Å²) in [6, 6.07) is 6.21. The Kier molecular flexibility index (Phi) is 5.12. The van der Waals surface area contributed by atoms with Gasteiger partial charge in [0, 0.05) is 18.2 Å². The van der Waals surface area contributed by atoms with Crippen LogP contribution in [-0.2, 0) is 6.54 Å². The van der Waals surface area contributed by atoms with E-state index < -0.39 is 0 Å². The lowest BCUT2D eigenvalue weighted by Gasteiger charge is -2.13. The highest BCUT2D eigenvalue weighted by Gasteiger charge is 2.05. The number of hydrogen-bond donors (Lipinski definition) is 2. The maximum absolute atomic E-state index is 9.75. The highest BCUT2D eigenvalue weighted by molar-refractivity contribution is 9.10. The summed E-state index contributed by atoms with van der Waals surface area (Å²) >= 11 is 3.31. The molecule has 0 radical (unpaired) electrons. The third kappa shape index (κ3) is 3.84. The maximum Gasteiger partial charge on any atom is 0.134 e. The van der Waals surface area contributed by atoms with Gasteiger partial charge in [-0.1, -0.05) is 25.5 Å². The van der Waals surface area contributed by atoms with Crippen molar-refractivity contribution in [2.24, 2.45) is 0 Å². The van der Waals surface area contributed by atoms with E-state index in [1.165, 1.54) is 6.42 Å². The average molecular weight is 272 g/mol. The predicted molar refractivity (Wildman–Crippen MR) is 67.0 cm³/mol. The summed E-state index contributed by atoms with van der Waals surface area (Å²) < 4.78 is 0.755. The third-order valence-corrected chi connectivity index (χ3v) is 3.07. The molecule has 1 aromatic carbocycles. The largest absolute Gasteiger partial charge is 0.506 e.